The number of benzene rings is 1. The number of hydrogen-bond donors (Lipinski definition) is 2. The second kappa shape index (κ2) is 6.47. The number of aromatic amines is 1. The van der Waals surface area contributed by atoms with Gasteiger partial charge in [-0.2, -0.15) is 5.10 Å². The van der Waals surface area contributed by atoms with Gasteiger partial charge in [0.15, 0.2) is 5.82 Å². The zero-order chi connectivity index (χ0) is 17.2. The van der Waals surface area contributed by atoms with Crippen molar-refractivity contribution in [3.63, 3.8) is 0 Å². The fourth-order valence-corrected chi connectivity index (χ4v) is 3.19. The average Bonchev–Trinajstić information content (AvgIpc) is 3.09. The number of carbonyl (C=O) groups is 1. The van der Waals surface area contributed by atoms with Crippen LogP contribution in [0.2, 0.25) is 0 Å². The minimum Gasteiger partial charge on any atom is -0.344 e. The van der Waals surface area contributed by atoms with Crippen LogP contribution in [0.25, 0.3) is 11.4 Å². The first kappa shape index (κ1) is 15.5. The maximum absolute atomic E-state index is 12.4. The van der Waals surface area contributed by atoms with Crippen molar-refractivity contribution in [2.75, 3.05) is 0 Å². The summed E-state index contributed by atoms with van der Waals surface area (Å²) < 4.78 is 0. The molecule has 0 bridgehead atoms. The molecule has 1 amide bonds. The quantitative estimate of drug-likeness (QED) is 0.772. The van der Waals surface area contributed by atoms with E-state index in [-0.39, 0.29) is 11.9 Å². The summed E-state index contributed by atoms with van der Waals surface area (Å²) in [6.07, 6.45) is 4.63. The predicted molar refractivity (Wildman–Crippen MR) is 93.9 cm³/mol. The third-order valence-electron chi connectivity index (χ3n) is 4.46. The molecular weight excluding hydrogens is 314 g/mol. The molecule has 25 heavy (non-hydrogen) atoms. The summed E-state index contributed by atoms with van der Waals surface area (Å²) >= 11 is 0. The van der Waals surface area contributed by atoms with Crippen LogP contribution in [0.15, 0.2) is 42.6 Å². The Morgan fingerprint density at radius 1 is 1.28 bits per heavy atom. The van der Waals surface area contributed by atoms with Gasteiger partial charge in [-0.25, -0.2) is 9.97 Å². The molecule has 0 radical (unpaired) electrons. The van der Waals surface area contributed by atoms with Crippen LogP contribution in [0.4, 0.5) is 0 Å². The molecule has 0 saturated heterocycles. The normalized spacial score (nSPS) is 16.3. The lowest BCUT2D eigenvalue weighted by molar-refractivity contribution is 0.0927. The lowest BCUT2D eigenvalue weighted by Gasteiger charge is -2.25. The Labute approximate surface area is 145 Å². The van der Waals surface area contributed by atoms with Gasteiger partial charge in [0.05, 0.1) is 6.04 Å². The summed E-state index contributed by atoms with van der Waals surface area (Å²) in [4.78, 5) is 21.6. The number of nitrogens with zero attached hydrogens (tertiary/aromatic N) is 3. The van der Waals surface area contributed by atoms with E-state index in [2.05, 4.69) is 20.5 Å². The number of rotatable bonds is 3. The highest BCUT2D eigenvalue weighted by Crippen LogP contribution is 2.29. The van der Waals surface area contributed by atoms with E-state index in [0.717, 1.165) is 47.6 Å². The van der Waals surface area contributed by atoms with Crippen molar-refractivity contribution >= 4 is 5.91 Å². The van der Waals surface area contributed by atoms with Crippen molar-refractivity contribution in [3.8, 4) is 11.4 Å². The Balaban J connectivity index is 1.59. The number of H-pyrrole nitrogens is 1. The Hall–Kier alpha value is -3.02. The highest BCUT2D eigenvalue weighted by Gasteiger charge is 2.25. The standard InChI is InChI=1S/C19H19N5O/c1-12-10-17(24-23-12)19(25)22-16-9-5-8-15-14(16)11-20-18(21-15)13-6-3-2-4-7-13/h2-4,6-7,10-11,16H,5,8-9H2,1H3,(H,22,25)(H,23,24)/t16-/m0/s1. The first-order valence-electron chi connectivity index (χ1n) is 8.45. The van der Waals surface area contributed by atoms with Crippen molar-refractivity contribution in [3.05, 3.63) is 65.2 Å². The van der Waals surface area contributed by atoms with Crippen molar-refractivity contribution in [2.24, 2.45) is 0 Å². The minimum atomic E-state index is -0.172. The van der Waals surface area contributed by atoms with Crippen LogP contribution < -0.4 is 5.32 Å². The van der Waals surface area contributed by atoms with E-state index in [1.807, 2.05) is 43.5 Å². The fraction of sp³-hybridized carbons (Fsp3) is 0.263. The van der Waals surface area contributed by atoms with Gasteiger partial charge in [-0.1, -0.05) is 30.3 Å². The monoisotopic (exact) mass is 333 g/mol. The molecule has 1 aliphatic carbocycles. The summed E-state index contributed by atoms with van der Waals surface area (Å²) in [5, 5.41) is 9.88. The number of carbonyl (C=O) groups excluding carboxylic acids is 1. The third kappa shape index (κ3) is 3.15. The Kier molecular flexibility index (Phi) is 4.01. The van der Waals surface area contributed by atoms with Gasteiger partial charge in [-0.05, 0) is 32.3 Å². The number of nitrogens with one attached hydrogen (secondary N) is 2. The summed E-state index contributed by atoms with van der Waals surface area (Å²) in [5.41, 5.74) is 4.30. The minimum absolute atomic E-state index is 0.0712. The summed E-state index contributed by atoms with van der Waals surface area (Å²) in [5.74, 6) is 0.559. The van der Waals surface area contributed by atoms with Crippen LogP contribution in [0.3, 0.4) is 0 Å². The van der Waals surface area contributed by atoms with Crippen molar-refractivity contribution in [1.29, 1.82) is 0 Å². The maximum atomic E-state index is 12.4. The number of aromatic nitrogens is 4. The topological polar surface area (TPSA) is 83.6 Å². The number of aryl methyl sites for hydroxylation is 2. The molecule has 6 heteroatoms. The molecule has 0 spiro atoms. The van der Waals surface area contributed by atoms with E-state index in [1.54, 1.807) is 6.07 Å². The van der Waals surface area contributed by atoms with Gasteiger partial charge in [0, 0.05) is 28.7 Å². The largest absolute Gasteiger partial charge is 0.344 e. The average molecular weight is 333 g/mol. The highest BCUT2D eigenvalue weighted by molar-refractivity contribution is 5.92. The van der Waals surface area contributed by atoms with Crippen molar-refractivity contribution in [1.82, 2.24) is 25.5 Å². The molecule has 0 aliphatic heterocycles. The van der Waals surface area contributed by atoms with Crippen LogP contribution in [-0.2, 0) is 6.42 Å². The van der Waals surface area contributed by atoms with Crippen LogP contribution in [0.1, 0.15) is 46.3 Å². The summed E-state index contributed by atoms with van der Waals surface area (Å²) in [7, 11) is 0. The Bertz CT molecular complexity index is 903. The van der Waals surface area contributed by atoms with E-state index >= 15 is 0 Å². The zero-order valence-corrected chi connectivity index (χ0v) is 14.0. The lowest BCUT2D eigenvalue weighted by atomic mass is 9.92. The molecule has 3 aromatic rings. The van der Waals surface area contributed by atoms with Crippen molar-refractivity contribution < 1.29 is 4.79 Å². The van der Waals surface area contributed by atoms with E-state index in [0.29, 0.717) is 5.69 Å². The molecule has 2 aromatic heterocycles. The second-order valence-electron chi connectivity index (χ2n) is 6.32. The van der Waals surface area contributed by atoms with E-state index in [4.69, 9.17) is 4.98 Å². The van der Waals surface area contributed by atoms with Crippen LogP contribution in [0.5, 0.6) is 0 Å². The predicted octanol–water partition coefficient (Wildman–Crippen LogP) is 2.98. The first-order chi connectivity index (χ1) is 12.2. The van der Waals surface area contributed by atoms with Crippen LogP contribution >= 0.6 is 0 Å². The fourth-order valence-electron chi connectivity index (χ4n) is 3.19. The molecule has 4 rings (SSSR count). The van der Waals surface area contributed by atoms with Gasteiger partial charge < -0.3 is 5.32 Å². The molecular formula is C19H19N5O. The third-order valence-corrected chi connectivity index (χ3v) is 4.46. The smallest absolute Gasteiger partial charge is 0.272 e. The Morgan fingerprint density at radius 3 is 2.88 bits per heavy atom. The van der Waals surface area contributed by atoms with E-state index < -0.39 is 0 Å². The highest BCUT2D eigenvalue weighted by atomic mass is 16.2. The summed E-state index contributed by atoms with van der Waals surface area (Å²) in [6, 6.07) is 11.6. The van der Waals surface area contributed by atoms with Gasteiger partial charge in [-0.3, -0.25) is 9.89 Å². The molecule has 1 aliphatic rings. The zero-order valence-electron chi connectivity index (χ0n) is 14.0. The van der Waals surface area contributed by atoms with Gasteiger partial charge in [0.1, 0.15) is 5.69 Å². The molecule has 1 atom stereocenters. The molecule has 0 saturated carbocycles. The molecule has 0 fully saturated rings. The Morgan fingerprint density at radius 2 is 2.12 bits per heavy atom. The van der Waals surface area contributed by atoms with Gasteiger partial charge in [0.2, 0.25) is 0 Å². The van der Waals surface area contributed by atoms with Gasteiger partial charge >= 0.3 is 0 Å². The first-order valence-corrected chi connectivity index (χ1v) is 8.45. The van der Waals surface area contributed by atoms with Crippen LogP contribution in [0, 0.1) is 6.92 Å². The molecule has 126 valence electrons. The van der Waals surface area contributed by atoms with Crippen LogP contribution in [-0.4, -0.2) is 26.1 Å². The van der Waals surface area contributed by atoms with E-state index in [9.17, 15) is 4.79 Å². The maximum Gasteiger partial charge on any atom is 0.272 e. The number of hydrogen-bond acceptors (Lipinski definition) is 4. The van der Waals surface area contributed by atoms with Gasteiger partial charge in [0.25, 0.3) is 5.91 Å². The molecule has 2 heterocycles. The number of amides is 1. The number of fused-ring (bicyclic) bond motifs is 1. The van der Waals surface area contributed by atoms with E-state index in [1.165, 1.54) is 0 Å². The second-order valence-corrected chi connectivity index (χ2v) is 6.32. The molecule has 2 N–H and O–H groups in total. The molecule has 1 aromatic carbocycles. The molecule has 0 unspecified atom stereocenters. The molecule has 6 nitrogen and oxygen atoms in total. The van der Waals surface area contributed by atoms with Gasteiger partial charge in [-0.15, -0.1) is 0 Å². The SMILES string of the molecule is Cc1cc(C(=O)N[C@H]2CCCc3nc(-c4ccccc4)ncc32)n[nH]1. The lowest BCUT2D eigenvalue weighted by Crippen LogP contribution is -2.31. The van der Waals surface area contributed by atoms with Crippen molar-refractivity contribution in [2.45, 2.75) is 32.2 Å². The summed E-state index contributed by atoms with van der Waals surface area (Å²) in [6.45, 7) is 1.87.